The van der Waals surface area contributed by atoms with Crippen molar-refractivity contribution in [1.82, 2.24) is 10.2 Å². The number of phenolic OH excluding ortho intramolecular Hbond substituents is 1. The summed E-state index contributed by atoms with van der Waals surface area (Å²) in [5.41, 5.74) is 2.69. The van der Waals surface area contributed by atoms with Crippen LogP contribution in [0.15, 0.2) is 30.5 Å². The van der Waals surface area contributed by atoms with E-state index >= 15 is 0 Å². The van der Waals surface area contributed by atoms with E-state index < -0.39 is 0 Å². The van der Waals surface area contributed by atoms with Crippen molar-refractivity contribution in [3.05, 3.63) is 36.0 Å². The number of nitrogens with zero attached hydrogens (tertiary/aromatic N) is 1. The lowest BCUT2D eigenvalue weighted by molar-refractivity contribution is 0.477. The zero-order valence-corrected chi connectivity index (χ0v) is 7.28. The largest absolute Gasteiger partial charge is 0.507 e. The minimum Gasteiger partial charge on any atom is -0.507 e. The van der Waals surface area contributed by atoms with E-state index in [1.807, 2.05) is 19.1 Å². The number of H-pyrrole nitrogens is 1. The van der Waals surface area contributed by atoms with Crippen LogP contribution in [-0.2, 0) is 0 Å². The molecule has 2 aromatic rings. The maximum Gasteiger partial charge on any atom is 0.124 e. The molecule has 13 heavy (non-hydrogen) atoms. The summed E-state index contributed by atoms with van der Waals surface area (Å²) in [6.45, 7) is 1.95. The molecule has 2 rings (SSSR count). The lowest BCUT2D eigenvalue weighted by Gasteiger charge is -2.01. The monoisotopic (exact) mass is 174 g/mol. The smallest absolute Gasteiger partial charge is 0.124 e. The zero-order chi connectivity index (χ0) is 9.26. The molecule has 66 valence electrons. The molecule has 0 radical (unpaired) electrons. The van der Waals surface area contributed by atoms with Crippen LogP contribution in [0.2, 0.25) is 0 Å². The molecule has 0 aliphatic heterocycles. The summed E-state index contributed by atoms with van der Waals surface area (Å²) in [5, 5.41) is 16.3. The van der Waals surface area contributed by atoms with Crippen molar-refractivity contribution in [2.45, 2.75) is 6.92 Å². The maximum atomic E-state index is 9.56. The number of benzene rings is 1. The number of rotatable bonds is 1. The molecular weight excluding hydrogens is 164 g/mol. The third kappa shape index (κ3) is 1.28. The second-order valence-electron chi connectivity index (χ2n) is 2.95. The van der Waals surface area contributed by atoms with Crippen LogP contribution >= 0.6 is 0 Å². The minimum atomic E-state index is 0.273. The number of nitrogens with one attached hydrogen (secondary N) is 1. The number of aromatic amines is 1. The molecule has 0 bridgehead atoms. The lowest BCUT2D eigenvalue weighted by Crippen LogP contribution is -1.81. The van der Waals surface area contributed by atoms with Gasteiger partial charge < -0.3 is 5.11 Å². The highest BCUT2D eigenvalue weighted by Crippen LogP contribution is 2.28. The Kier molecular flexibility index (Phi) is 1.77. The van der Waals surface area contributed by atoms with Gasteiger partial charge in [0.15, 0.2) is 0 Å². The summed E-state index contributed by atoms with van der Waals surface area (Å²) < 4.78 is 0. The SMILES string of the molecule is Cc1cn[nH]c1-c1ccccc1O. The highest BCUT2D eigenvalue weighted by atomic mass is 16.3. The Morgan fingerprint density at radius 3 is 2.69 bits per heavy atom. The highest BCUT2D eigenvalue weighted by molar-refractivity contribution is 5.68. The van der Waals surface area contributed by atoms with Gasteiger partial charge in [0, 0.05) is 5.56 Å². The predicted molar refractivity (Wildman–Crippen MR) is 50.4 cm³/mol. The van der Waals surface area contributed by atoms with Gasteiger partial charge in [0.2, 0.25) is 0 Å². The fourth-order valence-electron chi connectivity index (χ4n) is 1.30. The average molecular weight is 174 g/mol. The fourth-order valence-corrected chi connectivity index (χ4v) is 1.30. The molecule has 1 aromatic heterocycles. The van der Waals surface area contributed by atoms with E-state index in [-0.39, 0.29) is 5.75 Å². The van der Waals surface area contributed by atoms with Crippen LogP contribution in [0.1, 0.15) is 5.56 Å². The molecule has 2 N–H and O–H groups in total. The number of hydrogen-bond acceptors (Lipinski definition) is 2. The van der Waals surface area contributed by atoms with E-state index in [1.54, 1.807) is 18.3 Å². The van der Waals surface area contributed by atoms with Gasteiger partial charge in [-0.15, -0.1) is 0 Å². The van der Waals surface area contributed by atoms with Crippen LogP contribution in [0.25, 0.3) is 11.3 Å². The molecule has 3 heteroatoms. The predicted octanol–water partition coefficient (Wildman–Crippen LogP) is 2.09. The molecule has 0 atom stereocenters. The van der Waals surface area contributed by atoms with E-state index in [9.17, 15) is 5.11 Å². The van der Waals surface area contributed by atoms with Gasteiger partial charge in [-0.3, -0.25) is 5.10 Å². The molecular formula is C10H10N2O. The highest BCUT2D eigenvalue weighted by Gasteiger charge is 2.06. The number of hydrogen-bond donors (Lipinski definition) is 2. The minimum absolute atomic E-state index is 0.273. The maximum absolute atomic E-state index is 9.56. The molecule has 1 heterocycles. The second kappa shape index (κ2) is 2.94. The number of aromatic hydroxyl groups is 1. The van der Waals surface area contributed by atoms with Gasteiger partial charge in [0.1, 0.15) is 5.75 Å². The molecule has 0 unspecified atom stereocenters. The van der Waals surface area contributed by atoms with Gasteiger partial charge in [0.25, 0.3) is 0 Å². The van der Waals surface area contributed by atoms with Gasteiger partial charge in [-0.05, 0) is 24.6 Å². The van der Waals surface area contributed by atoms with Gasteiger partial charge in [-0.25, -0.2) is 0 Å². The van der Waals surface area contributed by atoms with Crippen molar-refractivity contribution < 1.29 is 5.11 Å². The summed E-state index contributed by atoms with van der Waals surface area (Å²) in [6.07, 6.45) is 1.74. The Balaban J connectivity index is 2.59. The van der Waals surface area contributed by atoms with Gasteiger partial charge in [0.05, 0.1) is 11.9 Å². The Morgan fingerprint density at radius 2 is 2.08 bits per heavy atom. The van der Waals surface area contributed by atoms with Crippen LogP contribution < -0.4 is 0 Å². The number of aryl methyl sites for hydroxylation is 1. The Hall–Kier alpha value is -1.77. The Bertz CT molecular complexity index is 420. The summed E-state index contributed by atoms with van der Waals surface area (Å²) in [4.78, 5) is 0. The van der Waals surface area contributed by atoms with Crippen molar-refractivity contribution in [1.29, 1.82) is 0 Å². The third-order valence-corrected chi connectivity index (χ3v) is 2.00. The lowest BCUT2D eigenvalue weighted by atomic mass is 10.1. The van der Waals surface area contributed by atoms with E-state index in [1.165, 1.54) is 0 Å². The van der Waals surface area contributed by atoms with Gasteiger partial charge in [-0.1, -0.05) is 12.1 Å². The first kappa shape index (κ1) is 7.86. The third-order valence-electron chi connectivity index (χ3n) is 2.00. The van der Waals surface area contributed by atoms with Crippen LogP contribution in [0.5, 0.6) is 5.75 Å². The molecule has 3 nitrogen and oxygen atoms in total. The van der Waals surface area contributed by atoms with Gasteiger partial charge in [-0.2, -0.15) is 5.10 Å². The quantitative estimate of drug-likeness (QED) is 0.695. The molecule has 0 fully saturated rings. The molecule has 0 amide bonds. The first-order chi connectivity index (χ1) is 6.29. The first-order valence-electron chi connectivity index (χ1n) is 4.07. The zero-order valence-electron chi connectivity index (χ0n) is 7.28. The van der Waals surface area contributed by atoms with E-state index in [0.29, 0.717) is 0 Å². The topological polar surface area (TPSA) is 48.9 Å². The molecule has 0 saturated carbocycles. The normalized spacial score (nSPS) is 10.2. The van der Waals surface area contributed by atoms with Crippen molar-refractivity contribution in [3.8, 4) is 17.0 Å². The summed E-state index contributed by atoms with van der Waals surface area (Å²) in [6, 6.07) is 7.20. The molecule has 1 aromatic carbocycles. The van der Waals surface area contributed by atoms with E-state index in [2.05, 4.69) is 10.2 Å². The molecule has 0 aliphatic rings. The number of aromatic nitrogens is 2. The van der Waals surface area contributed by atoms with E-state index in [0.717, 1.165) is 16.8 Å². The summed E-state index contributed by atoms with van der Waals surface area (Å²) in [5.74, 6) is 0.273. The van der Waals surface area contributed by atoms with Crippen LogP contribution in [0, 0.1) is 6.92 Å². The Labute approximate surface area is 76.0 Å². The van der Waals surface area contributed by atoms with Crippen molar-refractivity contribution >= 4 is 0 Å². The number of para-hydroxylation sites is 1. The first-order valence-corrected chi connectivity index (χ1v) is 4.07. The standard InChI is InChI=1S/C10H10N2O/c1-7-6-11-12-10(7)8-4-2-3-5-9(8)13/h2-6,13H,1H3,(H,11,12). The van der Waals surface area contributed by atoms with Crippen LogP contribution in [-0.4, -0.2) is 15.3 Å². The van der Waals surface area contributed by atoms with Gasteiger partial charge >= 0.3 is 0 Å². The molecule has 0 aliphatic carbocycles. The second-order valence-corrected chi connectivity index (χ2v) is 2.95. The number of phenols is 1. The van der Waals surface area contributed by atoms with Crippen LogP contribution in [0.4, 0.5) is 0 Å². The van der Waals surface area contributed by atoms with Crippen molar-refractivity contribution in [2.24, 2.45) is 0 Å². The Morgan fingerprint density at radius 1 is 1.31 bits per heavy atom. The average Bonchev–Trinajstić information content (AvgIpc) is 2.52. The fraction of sp³-hybridized carbons (Fsp3) is 0.100. The van der Waals surface area contributed by atoms with Crippen molar-refractivity contribution in [3.63, 3.8) is 0 Å². The summed E-state index contributed by atoms with van der Waals surface area (Å²) in [7, 11) is 0. The van der Waals surface area contributed by atoms with E-state index in [4.69, 9.17) is 0 Å². The molecule has 0 spiro atoms. The summed E-state index contributed by atoms with van der Waals surface area (Å²) >= 11 is 0. The van der Waals surface area contributed by atoms with Crippen molar-refractivity contribution in [2.75, 3.05) is 0 Å². The molecule has 0 saturated heterocycles. The van der Waals surface area contributed by atoms with Crippen LogP contribution in [0.3, 0.4) is 0 Å².